The van der Waals surface area contributed by atoms with Crippen molar-refractivity contribution < 1.29 is 0 Å². The molecule has 0 spiro atoms. The van der Waals surface area contributed by atoms with Gasteiger partial charge in [-0.1, -0.05) is 36.4 Å². The van der Waals surface area contributed by atoms with E-state index < -0.39 is 0 Å². The Hall–Kier alpha value is -2.06. The highest BCUT2D eigenvalue weighted by atomic mass is 32.1. The highest BCUT2D eigenvalue weighted by Gasteiger charge is 2.09. The van der Waals surface area contributed by atoms with Crippen LogP contribution in [-0.2, 0) is 0 Å². The van der Waals surface area contributed by atoms with E-state index in [1.165, 1.54) is 25.9 Å². The standard InChI is InChI=1S/C16H10NS/c1-4-8-15-11(5-1)9-16(18-15)13-10-17-14-7-3-2-6-12(13)14/h1-9,17H. The number of rotatable bonds is 1. The number of hydrogen-bond donors (Lipinski definition) is 1. The average Bonchev–Trinajstić information content (AvgIpc) is 3.02. The fourth-order valence-electron chi connectivity index (χ4n) is 2.31. The average molecular weight is 248 g/mol. The van der Waals surface area contributed by atoms with E-state index in [-0.39, 0.29) is 0 Å². The van der Waals surface area contributed by atoms with Crippen molar-refractivity contribution in [1.29, 1.82) is 0 Å². The van der Waals surface area contributed by atoms with Gasteiger partial charge in [-0.3, -0.25) is 0 Å². The second-order valence-electron chi connectivity index (χ2n) is 4.32. The lowest BCUT2D eigenvalue weighted by Gasteiger charge is -1.92. The van der Waals surface area contributed by atoms with Crippen LogP contribution in [0, 0.1) is 6.20 Å². The van der Waals surface area contributed by atoms with Crippen LogP contribution in [-0.4, -0.2) is 4.98 Å². The first-order valence-electron chi connectivity index (χ1n) is 5.89. The molecule has 0 fully saturated rings. The topological polar surface area (TPSA) is 15.8 Å². The quantitative estimate of drug-likeness (QED) is 0.495. The Morgan fingerprint density at radius 2 is 1.78 bits per heavy atom. The summed E-state index contributed by atoms with van der Waals surface area (Å²) in [6.07, 6.45) is 3.28. The molecule has 85 valence electrons. The molecular formula is C16H10NS. The molecule has 0 bridgehead atoms. The Bertz CT molecular complexity index is 805. The van der Waals surface area contributed by atoms with Crippen LogP contribution >= 0.6 is 11.3 Å². The number of H-pyrrole nitrogens is 1. The molecule has 0 aliphatic rings. The molecule has 2 aromatic heterocycles. The molecule has 0 unspecified atom stereocenters. The lowest BCUT2D eigenvalue weighted by atomic mass is 10.1. The molecule has 2 heterocycles. The summed E-state index contributed by atoms with van der Waals surface area (Å²) < 4.78 is 1.33. The van der Waals surface area contributed by atoms with Crippen molar-refractivity contribution in [2.75, 3.05) is 0 Å². The molecule has 0 aliphatic carbocycles. The molecule has 18 heavy (non-hydrogen) atoms. The second-order valence-corrected chi connectivity index (χ2v) is 5.40. The highest BCUT2D eigenvalue weighted by molar-refractivity contribution is 7.22. The van der Waals surface area contributed by atoms with E-state index >= 15 is 0 Å². The third kappa shape index (κ3) is 1.39. The van der Waals surface area contributed by atoms with Gasteiger partial charge in [-0.15, -0.1) is 11.3 Å². The number of aromatic amines is 1. The van der Waals surface area contributed by atoms with Crippen LogP contribution in [0.15, 0.2) is 54.6 Å². The van der Waals surface area contributed by atoms with E-state index in [0.717, 1.165) is 5.52 Å². The van der Waals surface area contributed by atoms with Crippen molar-refractivity contribution >= 4 is 32.3 Å². The van der Waals surface area contributed by atoms with Crippen molar-refractivity contribution in [1.82, 2.24) is 4.98 Å². The molecule has 0 amide bonds. The van der Waals surface area contributed by atoms with Gasteiger partial charge in [0, 0.05) is 26.0 Å². The van der Waals surface area contributed by atoms with Gasteiger partial charge in [0.1, 0.15) is 0 Å². The fourth-order valence-corrected chi connectivity index (χ4v) is 3.38. The van der Waals surface area contributed by atoms with Crippen molar-refractivity contribution in [3.63, 3.8) is 0 Å². The summed E-state index contributed by atoms with van der Waals surface area (Å²) in [6.45, 7) is 0. The molecule has 1 nitrogen and oxygen atoms in total. The van der Waals surface area contributed by atoms with E-state index in [1.807, 2.05) is 17.4 Å². The summed E-state index contributed by atoms with van der Waals surface area (Å²) in [5.74, 6) is 0. The number of nitrogens with one attached hydrogen (secondary N) is 1. The Labute approximate surface area is 109 Å². The van der Waals surface area contributed by atoms with E-state index in [0.29, 0.717) is 0 Å². The molecule has 0 aliphatic heterocycles. The highest BCUT2D eigenvalue weighted by Crippen LogP contribution is 2.36. The summed E-state index contributed by atoms with van der Waals surface area (Å²) >= 11 is 1.82. The van der Waals surface area contributed by atoms with Crippen LogP contribution in [0.4, 0.5) is 0 Å². The van der Waals surface area contributed by atoms with E-state index in [2.05, 4.69) is 59.7 Å². The first-order chi connectivity index (χ1) is 8.92. The van der Waals surface area contributed by atoms with Crippen LogP contribution in [0.25, 0.3) is 31.4 Å². The molecule has 4 aromatic rings. The van der Waals surface area contributed by atoms with Crippen molar-refractivity contribution in [2.45, 2.75) is 0 Å². The molecule has 1 radical (unpaired) electrons. The van der Waals surface area contributed by atoms with Gasteiger partial charge in [0.15, 0.2) is 0 Å². The zero-order valence-corrected chi connectivity index (χ0v) is 10.4. The number of benzene rings is 2. The summed E-state index contributed by atoms with van der Waals surface area (Å²) in [6, 6.07) is 19.1. The molecule has 0 atom stereocenters. The zero-order valence-electron chi connectivity index (χ0n) is 9.60. The summed E-state index contributed by atoms with van der Waals surface area (Å²) in [4.78, 5) is 4.48. The molecule has 4 rings (SSSR count). The van der Waals surface area contributed by atoms with Crippen LogP contribution in [0.2, 0.25) is 0 Å². The maximum absolute atomic E-state index is 3.28. The minimum Gasteiger partial charge on any atom is -0.353 e. The van der Waals surface area contributed by atoms with Gasteiger partial charge in [-0.05, 0) is 23.6 Å². The summed E-state index contributed by atoms with van der Waals surface area (Å²) in [5, 5.41) is 2.54. The Kier molecular flexibility index (Phi) is 2.05. The number of para-hydroxylation sites is 1. The first kappa shape index (κ1) is 9.92. The van der Waals surface area contributed by atoms with Crippen LogP contribution < -0.4 is 0 Å². The lowest BCUT2D eigenvalue weighted by molar-refractivity contribution is 1.46. The number of fused-ring (bicyclic) bond motifs is 2. The Balaban J connectivity index is 2.01. The Morgan fingerprint density at radius 3 is 2.72 bits per heavy atom. The molecular weight excluding hydrogens is 238 g/mol. The largest absolute Gasteiger partial charge is 0.353 e. The van der Waals surface area contributed by atoms with Crippen LogP contribution in [0.1, 0.15) is 0 Å². The zero-order chi connectivity index (χ0) is 11.9. The lowest BCUT2D eigenvalue weighted by Crippen LogP contribution is -1.67. The summed E-state index contributed by atoms with van der Waals surface area (Å²) in [7, 11) is 0. The van der Waals surface area contributed by atoms with Crippen molar-refractivity contribution in [2.24, 2.45) is 0 Å². The van der Waals surface area contributed by atoms with Gasteiger partial charge in [-0.2, -0.15) is 0 Å². The van der Waals surface area contributed by atoms with Gasteiger partial charge in [0.25, 0.3) is 0 Å². The van der Waals surface area contributed by atoms with Crippen LogP contribution in [0.3, 0.4) is 0 Å². The van der Waals surface area contributed by atoms with Gasteiger partial charge in [-0.25, -0.2) is 0 Å². The van der Waals surface area contributed by atoms with Crippen molar-refractivity contribution in [3.8, 4) is 10.4 Å². The van der Waals surface area contributed by atoms with Gasteiger partial charge < -0.3 is 4.98 Å². The van der Waals surface area contributed by atoms with Gasteiger partial charge in [0.2, 0.25) is 0 Å². The molecule has 2 aromatic carbocycles. The number of aromatic nitrogens is 1. The molecule has 2 heteroatoms. The smallest absolute Gasteiger partial charge is 0.0725 e. The monoisotopic (exact) mass is 248 g/mol. The number of hydrogen-bond acceptors (Lipinski definition) is 1. The normalized spacial score (nSPS) is 11.3. The Morgan fingerprint density at radius 1 is 0.944 bits per heavy atom. The molecule has 1 N–H and O–H groups in total. The van der Waals surface area contributed by atoms with E-state index in [9.17, 15) is 0 Å². The first-order valence-corrected chi connectivity index (χ1v) is 6.71. The maximum atomic E-state index is 3.28. The minimum atomic E-state index is 1.14. The van der Waals surface area contributed by atoms with Crippen molar-refractivity contribution in [3.05, 3.63) is 60.8 Å². The van der Waals surface area contributed by atoms with Gasteiger partial charge >= 0.3 is 0 Å². The third-order valence-corrected chi connectivity index (χ3v) is 4.32. The second kappa shape index (κ2) is 3.72. The van der Waals surface area contributed by atoms with Gasteiger partial charge in [0.05, 0.1) is 6.20 Å². The molecule has 0 saturated carbocycles. The predicted octanol–water partition coefficient (Wildman–Crippen LogP) is 4.85. The predicted molar refractivity (Wildman–Crippen MR) is 78.0 cm³/mol. The summed E-state index contributed by atoms with van der Waals surface area (Å²) in [5.41, 5.74) is 2.32. The SMILES string of the molecule is [c]1[nH]c2ccccc2c1-c1cc2ccccc2s1. The van der Waals surface area contributed by atoms with E-state index in [4.69, 9.17) is 0 Å². The molecule has 0 saturated heterocycles. The fraction of sp³-hybridized carbons (Fsp3) is 0. The maximum Gasteiger partial charge on any atom is 0.0725 e. The van der Waals surface area contributed by atoms with E-state index in [1.54, 1.807) is 0 Å². The van der Waals surface area contributed by atoms with Crippen LogP contribution in [0.5, 0.6) is 0 Å². The number of thiophene rings is 1. The third-order valence-electron chi connectivity index (χ3n) is 3.19. The minimum absolute atomic E-state index is 1.14.